The number of benzene rings is 1. The Morgan fingerprint density at radius 3 is 2.82 bits per heavy atom. The molecule has 17 heavy (non-hydrogen) atoms. The minimum Gasteiger partial charge on any atom is -0.493 e. The fraction of sp³-hybridized carbons (Fsp3) is 0.308. The van der Waals surface area contributed by atoms with Crippen LogP contribution >= 0.6 is 0 Å². The summed E-state index contributed by atoms with van der Waals surface area (Å²) in [5, 5.41) is 0. The van der Waals surface area contributed by atoms with E-state index >= 15 is 0 Å². The highest BCUT2D eigenvalue weighted by atomic mass is 16.5. The summed E-state index contributed by atoms with van der Waals surface area (Å²) in [5.74, 6) is 2.01. The van der Waals surface area contributed by atoms with Gasteiger partial charge in [0, 0.05) is 0 Å². The molecule has 2 N–H and O–H groups in total. The predicted octanol–water partition coefficient (Wildman–Crippen LogP) is 2.76. The highest BCUT2D eigenvalue weighted by molar-refractivity contribution is 5.65. The summed E-state index contributed by atoms with van der Waals surface area (Å²) in [6.45, 7) is 4.40. The second-order valence-electron chi connectivity index (χ2n) is 3.78. The van der Waals surface area contributed by atoms with Crippen LogP contribution in [0.15, 0.2) is 34.9 Å². The van der Waals surface area contributed by atoms with Gasteiger partial charge in [0.05, 0.1) is 24.4 Å². The molecule has 4 heteroatoms. The van der Waals surface area contributed by atoms with Gasteiger partial charge in [0.1, 0.15) is 5.75 Å². The van der Waals surface area contributed by atoms with Crippen molar-refractivity contribution >= 4 is 0 Å². The van der Waals surface area contributed by atoms with Crippen molar-refractivity contribution in [3.63, 3.8) is 0 Å². The molecule has 0 saturated carbocycles. The normalized spacial score (nSPS) is 12.4. The molecule has 2 rings (SSSR count). The van der Waals surface area contributed by atoms with Gasteiger partial charge in [-0.3, -0.25) is 0 Å². The third-order valence-corrected chi connectivity index (χ3v) is 2.37. The maximum absolute atomic E-state index is 5.71. The first-order valence-electron chi connectivity index (χ1n) is 5.66. The van der Waals surface area contributed by atoms with Crippen LogP contribution in [0.1, 0.15) is 25.8 Å². The molecule has 0 aliphatic carbocycles. The lowest BCUT2D eigenvalue weighted by atomic mass is 10.1. The summed E-state index contributed by atoms with van der Waals surface area (Å²) in [5.41, 5.74) is 6.61. The molecule has 0 amide bonds. The maximum atomic E-state index is 5.71. The molecule has 1 atom stereocenters. The Kier molecular flexibility index (Phi) is 3.44. The van der Waals surface area contributed by atoms with Gasteiger partial charge in [-0.1, -0.05) is 12.1 Å². The number of ether oxygens (including phenoxy) is 1. The minimum atomic E-state index is -0.206. The molecule has 1 aromatic carbocycles. The van der Waals surface area contributed by atoms with E-state index in [-0.39, 0.29) is 6.04 Å². The van der Waals surface area contributed by atoms with Crippen LogP contribution in [0.2, 0.25) is 0 Å². The zero-order valence-electron chi connectivity index (χ0n) is 10.0. The summed E-state index contributed by atoms with van der Waals surface area (Å²) in [4.78, 5) is 4.15. The van der Waals surface area contributed by atoms with Crippen LogP contribution < -0.4 is 10.5 Å². The molecule has 0 bridgehead atoms. The van der Waals surface area contributed by atoms with Gasteiger partial charge in [0.15, 0.2) is 5.76 Å². The van der Waals surface area contributed by atoms with Gasteiger partial charge in [0.25, 0.3) is 0 Å². The fourth-order valence-corrected chi connectivity index (χ4v) is 1.57. The second kappa shape index (κ2) is 5.01. The van der Waals surface area contributed by atoms with E-state index in [1.165, 1.54) is 0 Å². The molecule has 1 aromatic heterocycles. The number of nitrogens with two attached hydrogens (primary N) is 1. The maximum Gasteiger partial charge on any atom is 0.211 e. The Morgan fingerprint density at radius 1 is 1.41 bits per heavy atom. The Bertz CT molecular complexity index is 492. The molecule has 4 nitrogen and oxygen atoms in total. The van der Waals surface area contributed by atoms with E-state index in [0.29, 0.717) is 18.3 Å². The van der Waals surface area contributed by atoms with Crippen molar-refractivity contribution in [2.45, 2.75) is 19.9 Å². The van der Waals surface area contributed by atoms with Gasteiger partial charge >= 0.3 is 0 Å². The highest BCUT2D eigenvalue weighted by Crippen LogP contribution is 2.30. The molecule has 90 valence electrons. The van der Waals surface area contributed by atoms with Crippen LogP contribution in [0, 0.1) is 0 Å². The lowest BCUT2D eigenvalue weighted by Gasteiger charge is -2.07. The zero-order chi connectivity index (χ0) is 12.3. The van der Waals surface area contributed by atoms with E-state index < -0.39 is 0 Å². The summed E-state index contributed by atoms with van der Waals surface area (Å²) in [6.07, 6.45) is 1.68. The van der Waals surface area contributed by atoms with Crippen molar-refractivity contribution in [3.05, 3.63) is 36.4 Å². The number of aromatic nitrogens is 1. The van der Waals surface area contributed by atoms with Crippen molar-refractivity contribution in [2.75, 3.05) is 6.61 Å². The molecule has 0 radical (unpaired) electrons. The van der Waals surface area contributed by atoms with Crippen LogP contribution in [-0.2, 0) is 0 Å². The van der Waals surface area contributed by atoms with E-state index in [9.17, 15) is 0 Å². The zero-order valence-corrected chi connectivity index (χ0v) is 10.0. The molecule has 0 aliphatic heterocycles. The summed E-state index contributed by atoms with van der Waals surface area (Å²) < 4.78 is 11.1. The molecule has 2 aromatic rings. The van der Waals surface area contributed by atoms with E-state index in [1.54, 1.807) is 6.20 Å². The number of hydrogen-bond donors (Lipinski definition) is 1. The van der Waals surface area contributed by atoms with E-state index in [0.717, 1.165) is 11.3 Å². The molecule has 1 heterocycles. The van der Waals surface area contributed by atoms with E-state index in [2.05, 4.69) is 4.98 Å². The molecule has 0 saturated heterocycles. The topological polar surface area (TPSA) is 61.3 Å². The summed E-state index contributed by atoms with van der Waals surface area (Å²) in [6, 6.07) is 7.51. The quantitative estimate of drug-likeness (QED) is 0.880. The SMILES string of the molecule is CCOc1ccccc1-c1cnc(C(C)N)o1. The molecular formula is C13H16N2O2. The number of nitrogens with zero attached hydrogens (tertiary/aromatic N) is 1. The van der Waals surface area contributed by atoms with Gasteiger partial charge in [-0.2, -0.15) is 0 Å². The lowest BCUT2D eigenvalue weighted by Crippen LogP contribution is -2.04. The first kappa shape index (κ1) is 11.7. The Labute approximate surface area is 100 Å². The molecule has 0 fully saturated rings. The van der Waals surface area contributed by atoms with Gasteiger partial charge in [-0.25, -0.2) is 4.98 Å². The second-order valence-corrected chi connectivity index (χ2v) is 3.78. The number of hydrogen-bond acceptors (Lipinski definition) is 4. The Hall–Kier alpha value is -1.81. The van der Waals surface area contributed by atoms with Crippen molar-refractivity contribution in [1.82, 2.24) is 4.98 Å². The van der Waals surface area contributed by atoms with Crippen LogP contribution in [0.5, 0.6) is 5.75 Å². The number of rotatable bonds is 4. The van der Waals surface area contributed by atoms with Crippen LogP contribution in [-0.4, -0.2) is 11.6 Å². The van der Waals surface area contributed by atoms with Crippen LogP contribution in [0.25, 0.3) is 11.3 Å². The standard InChI is InChI=1S/C13H16N2O2/c1-3-16-11-7-5-4-6-10(11)12-8-15-13(17-12)9(2)14/h4-9H,3,14H2,1-2H3. The Morgan fingerprint density at radius 2 is 2.18 bits per heavy atom. The predicted molar refractivity (Wildman–Crippen MR) is 65.7 cm³/mol. The number of oxazole rings is 1. The van der Waals surface area contributed by atoms with Gasteiger partial charge in [-0.05, 0) is 26.0 Å². The third-order valence-electron chi connectivity index (χ3n) is 2.37. The molecule has 0 aliphatic rings. The van der Waals surface area contributed by atoms with Crippen molar-refractivity contribution < 1.29 is 9.15 Å². The van der Waals surface area contributed by atoms with Crippen molar-refractivity contribution in [3.8, 4) is 17.1 Å². The van der Waals surface area contributed by atoms with Crippen molar-refractivity contribution in [1.29, 1.82) is 0 Å². The first-order valence-corrected chi connectivity index (χ1v) is 5.66. The lowest BCUT2D eigenvalue weighted by molar-refractivity contribution is 0.340. The van der Waals surface area contributed by atoms with Gasteiger partial charge in [0.2, 0.25) is 5.89 Å². The van der Waals surface area contributed by atoms with E-state index in [4.69, 9.17) is 14.9 Å². The van der Waals surface area contributed by atoms with Crippen LogP contribution in [0.4, 0.5) is 0 Å². The molecular weight excluding hydrogens is 216 g/mol. The minimum absolute atomic E-state index is 0.206. The first-order chi connectivity index (χ1) is 8.22. The smallest absolute Gasteiger partial charge is 0.211 e. The molecule has 1 unspecified atom stereocenters. The fourth-order valence-electron chi connectivity index (χ4n) is 1.57. The average Bonchev–Trinajstić information content (AvgIpc) is 2.79. The third kappa shape index (κ3) is 2.47. The average molecular weight is 232 g/mol. The van der Waals surface area contributed by atoms with Crippen LogP contribution in [0.3, 0.4) is 0 Å². The highest BCUT2D eigenvalue weighted by Gasteiger charge is 2.12. The van der Waals surface area contributed by atoms with Gasteiger partial charge < -0.3 is 14.9 Å². The Balaban J connectivity index is 2.38. The van der Waals surface area contributed by atoms with Gasteiger partial charge in [-0.15, -0.1) is 0 Å². The van der Waals surface area contributed by atoms with E-state index in [1.807, 2.05) is 38.1 Å². The summed E-state index contributed by atoms with van der Waals surface area (Å²) >= 11 is 0. The molecule has 0 spiro atoms. The monoisotopic (exact) mass is 232 g/mol. The largest absolute Gasteiger partial charge is 0.493 e. The summed E-state index contributed by atoms with van der Waals surface area (Å²) in [7, 11) is 0. The number of para-hydroxylation sites is 1. The van der Waals surface area contributed by atoms with Crippen molar-refractivity contribution in [2.24, 2.45) is 5.73 Å².